The van der Waals surface area contributed by atoms with Crippen molar-refractivity contribution in [3.63, 3.8) is 0 Å². The van der Waals surface area contributed by atoms with Crippen LogP contribution in [0.2, 0.25) is 0 Å². The van der Waals surface area contributed by atoms with E-state index in [1.54, 1.807) is 0 Å². The van der Waals surface area contributed by atoms with Crippen molar-refractivity contribution in [3.8, 4) is 0 Å². The summed E-state index contributed by atoms with van der Waals surface area (Å²) in [6.07, 6.45) is -4.71. The highest BCUT2D eigenvalue weighted by atomic mass is 19.4. The lowest BCUT2D eigenvalue weighted by Crippen LogP contribution is -2.17. The fourth-order valence-corrected chi connectivity index (χ4v) is 1.21. The van der Waals surface area contributed by atoms with E-state index in [4.69, 9.17) is 5.41 Å². The van der Waals surface area contributed by atoms with Crippen LogP contribution in [0.1, 0.15) is 18.1 Å². The molecule has 0 aliphatic rings. The fourth-order valence-electron chi connectivity index (χ4n) is 1.21. The van der Waals surface area contributed by atoms with Gasteiger partial charge in [-0.25, -0.2) is 4.39 Å². The highest BCUT2D eigenvalue weighted by molar-refractivity contribution is 5.93. The Morgan fingerprint density at radius 3 is 2.50 bits per heavy atom. The maximum atomic E-state index is 13.2. The number of hydrogen-bond acceptors (Lipinski definition) is 2. The van der Waals surface area contributed by atoms with Gasteiger partial charge in [-0.15, -0.1) is 0 Å². The number of rotatable bonds is 2. The lowest BCUT2D eigenvalue weighted by atomic mass is 10.1. The Balaban J connectivity index is 3.30. The van der Waals surface area contributed by atoms with Crippen LogP contribution in [-0.2, 0) is 10.9 Å². The lowest BCUT2D eigenvalue weighted by molar-refractivity contribution is -0.138. The van der Waals surface area contributed by atoms with Gasteiger partial charge in [-0.05, 0) is 19.1 Å². The number of hydrogen-bond donors (Lipinski definition) is 1. The van der Waals surface area contributed by atoms with Crippen molar-refractivity contribution in [1.29, 1.82) is 5.41 Å². The van der Waals surface area contributed by atoms with E-state index < -0.39 is 29.0 Å². The standard InChI is InChI=1S/C10H9F4NO/c1-2-16-9(15)8-6(10(12,13)14)4-3-5-7(8)11/h3-5,15H,2H2,1H3. The normalized spacial score (nSPS) is 11.3. The van der Waals surface area contributed by atoms with E-state index in [2.05, 4.69) is 4.74 Å². The fraction of sp³-hybridized carbons (Fsp3) is 0.300. The minimum absolute atomic E-state index is 0.00443. The molecule has 1 rings (SSSR count). The predicted molar refractivity (Wildman–Crippen MR) is 49.9 cm³/mol. The van der Waals surface area contributed by atoms with Crippen LogP contribution in [0.25, 0.3) is 0 Å². The molecule has 1 aromatic carbocycles. The van der Waals surface area contributed by atoms with E-state index in [0.717, 1.165) is 12.1 Å². The Labute approximate surface area is 89.4 Å². The third-order valence-electron chi connectivity index (χ3n) is 1.83. The van der Waals surface area contributed by atoms with E-state index in [1.807, 2.05) is 0 Å². The van der Waals surface area contributed by atoms with Crippen molar-refractivity contribution in [2.75, 3.05) is 6.61 Å². The predicted octanol–water partition coefficient (Wildman–Crippen LogP) is 3.21. The second-order valence-electron chi connectivity index (χ2n) is 2.92. The molecule has 6 heteroatoms. The van der Waals surface area contributed by atoms with Crippen molar-refractivity contribution in [2.24, 2.45) is 0 Å². The molecule has 0 fully saturated rings. The Kier molecular flexibility index (Phi) is 3.51. The van der Waals surface area contributed by atoms with Crippen LogP contribution in [0.15, 0.2) is 18.2 Å². The lowest BCUT2D eigenvalue weighted by Gasteiger charge is -2.13. The van der Waals surface area contributed by atoms with Gasteiger partial charge in [-0.1, -0.05) is 6.07 Å². The summed E-state index contributed by atoms with van der Waals surface area (Å²) in [7, 11) is 0. The Hall–Kier alpha value is -1.59. The maximum Gasteiger partial charge on any atom is 0.417 e. The first kappa shape index (κ1) is 12.5. The zero-order chi connectivity index (χ0) is 12.3. The number of nitrogens with one attached hydrogen (secondary N) is 1. The summed E-state index contributed by atoms with van der Waals surface area (Å²) < 4.78 is 55.4. The van der Waals surface area contributed by atoms with Gasteiger partial charge in [0.2, 0.25) is 5.90 Å². The molecule has 1 aromatic rings. The molecular formula is C10H9F4NO. The topological polar surface area (TPSA) is 33.1 Å². The van der Waals surface area contributed by atoms with Crippen LogP contribution >= 0.6 is 0 Å². The third kappa shape index (κ3) is 2.50. The quantitative estimate of drug-likeness (QED) is 0.476. The van der Waals surface area contributed by atoms with Crippen molar-refractivity contribution in [3.05, 3.63) is 35.1 Å². The number of halogens is 4. The molecule has 88 valence electrons. The molecule has 0 saturated carbocycles. The first-order valence-electron chi connectivity index (χ1n) is 4.45. The molecule has 16 heavy (non-hydrogen) atoms. The summed E-state index contributed by atoms with van der Waals surface area (Å²) in [5.74, 6) is -1.93. The van der Waals surface area contributed by atoms with Crippen LogP contribution in [0.4, 0.5) is 17.6 Å². The smallest absolute Gasteiger partial charge is 0.417 e. The number of benzene rings is 1. The second-order valence-corrected chi connectivity index (χ2v) is 2.92. The van der Waals surface area contributed by atoms with E-state index in [1.165, 1.54) is 6.92 Å². The Bertz CT molecular complexity index is 400. The molecule has 0 aliphatic carbocycles. The van der Waals surface area contributed by atoms with Crippen molar-refractivity contribution < 1.29 is 22.3 Å². The van der Waals surface area contributed by atoms with Gasteiger partial charge in [-0.2, -0.15) is 13.2 Å². The third-order valence-corrected chi connectivity index (χ3v) is 1.83. The van der Waals surface area contributed by atoms with Gasteiger partial charge in [0, 0.05) is 0 Å². The average Bonchev–Trinajstić information content (AvgIpc) is 2.16. The molecule has 0 spiro atoms. The van der Waals surface area contributed by atoms with Gasteiger partial charge in [0.15, 0.2) is 0 Å². The second kappa shape index (κ2) is 4.51. The van der Waals surface area contributed by atoms with Crippen molar-refractivity contribution in [2.45, 2.75) is 13.1 Å². The van der Waals surface area contributed by atoms with Gasteiger partial charge in [0.1, 0.15) is 5.82 Å². The Morgan fingerprint density at radius 1 is 1.38 bits per heavy atom. The van der Waals surface area contributed by atoms with Crippen LogP contribution in [0.3, 0.4) is 0 Å². The van der Waals surface area contributed by atoms with Crippen molar-refractivity contribution in [1.82, 2.24) is 0 Å². The molecule has 0 aliphatic heterocycles. The summed E-state index contributed by atoms with van der Waals surface area (Å²) in [6.45, 7) is 1.51. The highest BCUT2D eigenvalue weighted by Gasteiger charge is 2.36. The van der Waals surface area contributed by atoms with Gasteiger partial charge in [0.25, 0.3) is 0 Å². The summed E-state index contributed by atoms with van der Waals surface area (Å²) in [5.41, 5.74) is -2.05. The zero-order valence-electron chi connectivity index (χ0n) is 8.36. The number of alkyl halides is 3. The molecule has 0 bridgehead atoms. The van der Waals surface area contributed by atoms with E-state index in [-0.39, 0.29) is 6.61 Å². The minimum Gasteiger partial charge on any atom is -0.478 e. The van der Waals surface area contributed by atoms with Gasteiger partial charge < -0.3 is 4.74 Å². The summed E-state index contributed by atoms with van der Waals surface area (Å²) in [5, 5.41) is 7.23. The molecule has 0 unspecified atom stereocenters. The molecule has 1 N–H and O–H groups in total. The minimum atomic E-state index is -4.71. The molecule has 2 nitrogen and oxygen atoms in total. The average molecular weight is 235 g/mol. The largest absolute Gasteiger partial charge is 0.478 e. The summed E-state index contributed by atoms with van der Waals surface area (Å²) >= 11 is 0. The van der Waals surface area contributed by atoms with Crippen LogP contribution in [0, 0.1) is 11.2 Å². The zero-order valence-corrected chi connectivity index (χ0v) is 8.36. The van der Waals surface area contributed by atoms with Crippen LogP contribution in [0.5, 0.6) is 0 Å². The molecule has 0 aromatic heterocycles. The molecule has 0 atom stereocenters. The monoisotopic (exact) mass is 235 g/mol. The van der Waals surface area contributed by atoms with Gasteiger partial charge in [-0.3, -0.25) is 5.41 Å². The SMILES string of the molecule is CCOC(=N)c1c(F)cccc1C(F)(F)F. The molecule has 0 amide bonds. The number of ether oxygens (including phenoxy) is 1. The van der Waals surface area contributed by atoms with Gasteiger partial charge in [0.05, 0.1) is 17.7 Å². The van der Waals surface area contributed by atoms with Gasteiger partial charge >= 0.3 is 6.18 Å². The molecule has 0 radical (unpaired) electrons. The highest BCUT2D eigenvalue weighted by Crippen LogP contribution is 2.33. The molecular weight excluding hydrogens is 226 g/mol. The first-order chi connectivity index (χ1) is 7.38. The first-order valence-corrected chi connectivity index (χ1v) is 4.45. The van der Waals surface area contributed by atoms with E-state index >= 15 is 0 Å². The summed E-state index contributed by atoms with van der Waals surface area (Å²) in [4.78, 5) is 0. The van der Waals surface area contributed by atoms with Crippen LogP contribution < -0.4 is 0 Å². The van der Waals surface area contributed by atoms with Crippen LogP contribution in [-0.4, -0.2) is 12.5 Å². The molecule has 0 saturated heterocycles. The maximum absolute atomic E-state index is 13.2. The Morgan fingerprint density at radius 2 is 2.00 bits per heavy atom. The summed E-state index contributed by atoms with van der Waals surface area (Å²) in [6, 6.07) is 2.52. The van der Waals surface area contributed by atoms with E-state index in [0.29, 0.717) is 6.07 Å². The van der Waals surface area contributed by atoms with Crippen molar-refractivity contribution >= 4 is 5.90 Å². The van der Waals surface area contributed by atoms with E-state index in [9.17, 15) is 17.6 Å². The molecule has 0 heterocycles.